The second-order valence-corrected chi connectivity index (χ2v) is 7.99. The van der Waals surface area contributed by atoms with Crippen molar-refractivity contribution in [2.24, 2.45) is 0 Å². The van der Waals surface area contributed by atoms with Gasteiger partial charge >= 0.3 is 0 Å². The van der Waals surface area contributed by atoms with Crippen LogP contribution in [0, 0.1) is 0 Å². The topological polar surface area (TPSA) is 52.6 Å². The van der Waals surface area contributed by atoms with Crippen molar-refractivity contribution in [2.45, 2.75) is 43.7 Å². The summed E-state index contributed by atoms with van der Waals surface area (Å²) in [7, 11) is 0. The predicted molar refractivity (Wildman–Crippen MR) is 84.5 cm³/mol. The van der Waals surface area contributed by atoms with E-state index in [-0.39, 0.29) is 6.10 Å². The van der Waals surface area contributed by atoms with Crippen molar-refractivity contribution in [1.82, 2.24) is 10.3 Å². The van der Waals surface area contributed by atoms with E-state index < -0.39 is 0 Å². The van der Waals surface area contributed by atoms with Gasteiger partial charge in [0.15, 0.2) is 0 Å². The van der Waals surface area contributed by atoms with E-state index in [1.54, 1.807) is 11.3 Å². The van der Waals surface area contributed by atoms with Crippen LogP contribution in [0.4, 0.5) is 0 Å². The summed E-state index contributed by atoms with van der Waals surface area (Å²) in [5, 5.41) is 4.72. The summed E-state index contributed by atoms with van der Waals surface area (Å²) in [6.07, 6.45) is 6.91. The van der Waals surface area contributed by atoms with Gasteiger partial charge in [0.25, 0.3) is 0 Å². The van der Waals surface area contributed by atoms with Gasteiger partial charge < -0.3 is 14.2 Å². The molecule has 0 spiro atoms. The van der Waals surface area contributed by atoms with Crippen molar-refractivity contribution in [3.63, 3.8) is 0 Å². The number of nitrogens with one attached hydrogen (secondary N) is 1. The van der Waals surface area contributed by atoms with Gasteiger partial charge in [0.2, 0.25) is 0 Å². The molecule has 21 heavy (non-hydrogen) atoms. The maximum atomic E-state index is 5.45. The fourth-order valence-corrected chi connectivity index (χ4v) is 4.09. The second kappa shape index (κ2) is 7.99. The molecule has 1 aliphatic heterocycles. The van der Waals surface area contributed by atoms with Crippen molar-refractivity contribution in [3.05, 3.63) is 15.0 Å². The first-order valence-electron chi connectivity index (χ1n) is 7.43. The third-order valence-electron chi connectivity index (χ3n) is 4.04. The number of hydrogen-bond donors (Lipinski definition) is 1. The minimum Gasteiger partial charge on any atom is -0.376 e. The van der Waals surface area contributed by atoms with E-state index in [0.717, 1.165) is 3.79 Å². The molecule has 3 rings (SSSR count). The summed E-state index contributed by atoms with van der Waals surface area (Å²) in [6.45, 7) is 2.32. The lowest BCUT2D eigenvalue weighted by molar-refractivity contribution is -0.180. The summed E-state index contributed by atoms with van der Waals surface area (Å²) in [5.41, 5.74) is 0. The van der Waals surface area contributed by atoms with Gasteiger partial charge in [-0.25, -0.2) is 4.98 Å². The van der Waals surface area contributed by atoms with Crippen LogP contribution in [0.2, 0.25) is 0 Å². The summed E-state index contributed by atoms with van der Waals surface area (Å²) >= 11 is 5.25. The van der Waals surface area contributed by atoms with Gasteiger partial charge in [-0.1, -0.05) is 0 Å². The van der Waals surface area contributed by atoms with Gasteiger partial charge in [-0.15, -0.1) is 11.3 Å². The van der Waals surface area contributed by atoms with Crippen LogP contribution in [0.25, 0.3) is 0 Å². The number of aromatic nitrogens is 1. The minimum atomic E-state index is 0.234. The zero-order valence-electron chi connectivity index (χ0n) is 11.9. The fourth-order valence-electron chi connectivity index (χ4n) is 2.67. The van der Waals surface area contributed by atoms with Gasteiger partial charge in [-0.2, -0.15) is 0 Å². The summed E-state index contributed by atoms with van der Waals surface area (Å²) in [6, 6.07) is 0.552. The number of halogens is 1. The molecule has 1 N–H and O–H groups in total. The maximum Gasteiger partial charge on any atom is 0.149 e. The van der Waals surface area contributed by atoms with Gasteiger partial charge in [-0.05, 0) is 41.6 Å². The molecule has 0 bridgehead atoms. The Balaban J connectivity index is 1.27. The average Bonchev–Trinajstić information content (AvgIpc) is 2.88. The Morgan fingerprint density at radius 3 is 2.76 bits per heavy atom. The molecule has 118 valence electrons. The van der Waals surface area contributed by atoms with Crippen molar-refractivity contribution in [1.29, 1.82) is 0 Å². The molecule has 1 saturated carbocycles. The van der Waals surface area contributed by atoms with Crippen LogP contribution in [0.5, 0.6) is 0 Å². The van der Waals surface area contributed by atoms with Crippen LogP contribution in [0.15, 0.2) is 9.98 Å². The lowest BCUT2D eigenvalue weighted by Crippen LogP contribution is -2.38. The monoisotopic (exact) mass is 376 g/mol. The smallest absolute Gasteiger partial charge is 0.149 e. The molecule has 1 aromatic rings. The molecule has 0 radical (unpaired) electrons. The first kappa shape index (κ1) is 15.8. The highest BCUT2D eigenvalue weighted by Gasteiger charge is 2.24. The van der Waals surface area contributed by atoms with Gasteiger partial charge in [-0.3, -0.25) is 5.32 Å². The Hall–Kier alpha value is -0.0500. The third-order valence-corrected chi connectivity index (χ3v) is 5.68. The molecular formula is C14H21BrN2O3S. The SMILES string of the molecule is Brc1cnc(C2CCC(NCOCOC3COC3)CC2)s1. The fraction of sp³-hybridized carbons (Fsp3) is 0.786. The van der Waals surface area contributed by atoms with E-state index >= 15 is 0 Å². The van der Waals surface area contributed by atoms with E-state index in [1.165, 1.54) is 30.7 Å². The zero-order chi connectivity index (χ0) is 14.5. The van der Waals surface area contributed by atoms with Crippen LogP contribution < -0.4 is 5.32 Å². The Kier molecular flexibility index (Phi) is 6.02. The van der Waals surface area contributed by atoms with Crippen molar-refractivity contribution < 1.29 is 14.2 Å². The molecule has 2 fully saturated rings. The molecule has 1 saturated heterocycles. The molecule has 0 amide bonds. The lowest BCUT2D eigenvalue weighted by Gasteiger charge is -2.28. The molecule has 2 aliphatic rings. The Morgan fingerprint density at radius 2 is 2.14 bits per heavy atom. The second-order valence-electron chi connectivity index (χ2n) is 5.55. The standard InChI is InChI=1S/C14H21BrN2O3S/c15-13-5-16-14(21-13)10-1-3-11(4-2-10)17-8-19-9-20-12-6-18-7-12/h5,10-12,17H,1-4,6-9H2. The summed E-state index contributed by atoms with van der Waals surface area (Å²) in [5.74, 6) is 0.627. The predicted octanol–water partition coefficient (Wildman–Crippen LogP) is 2.87. The molecule has 0 atom stereocenters. The molecule has 0 aromatic carbocycles. The molecule has 5 nitrogen and oxygen atoms in total. The maximum absolute atomic E-state index is 5.45. The van der Waals surface area contributed by atoms with Crippen LogP contribution >= 0.6 is 27.3 Å². The highest BCUT2D eigenvalue weighted by Crippen LogP contribution is 2.36. The molecule has 2 heterocycles. The molecule has 7 heteroatoms. The van der Waals surface area contributed by atoms with E-state index in [0.29, 0.717) is 38.7 Å². The Morgan fingerprint density at radius 1 is 1.33 bits per heavy atom. The van der Waals surface area contributed by atoms with Crippen LogP contribution in [0.1, 0.15) is 36.6 Å². The van der Waals surface area contributed by atoms with E-state index in [9.17, 15) is 0 Å². The Labute approximate surface area is 137 Å². The molecule has 0 unspecified atom stereocenters. The number of rotatable bonds is 7. The number of thiazole rings is 1. The first-order valence-corrected chi connectivity index (χ1v) is 9.04. The van der Waals surface area contributed by atoms with Crippen molar-refractivity contribution in [3.8, 4) is 0 Å². The summed E-state index contributed by atoms with van der Waals surface area (Å²) < 4.78 is 17.1. The average molecular weight is 377 g/mol. The highest BCUT2D eigenvalue weighted by atomic mass is 79.9. The molecule has 1 aromatic heterocycles. The van der Waals surface area contributed by atoms with E-state index in [4.69, 9.17) is 14.2 Å². The zero-order valence-corrected chi connectivity index (χ0v) is 14.3. The van der Waals surface area contributed by atoms with E-state index in [1.807, 2.05) is 6.20 Å². The van der Waals surface area contributed by atoms with Crippen molar-refractivity contribution >= 4 is 27.3 Å². The molecular weight excluding hydrogens is 356 g/mol. The third kappa shape index (κ3) is 4.71. The summed E-state index contributed by atoms with van der Waals surface area (Å²) in [4.78, 5) is 4.48. The van der Waals surface area contributed by atoms with Gasteiger partial charge in [0, 0.05) is 12.0 Å². The first-order chi connectivity index (χ1) is 10.3. The number of ether oxygens (including phenoxy) is 3. The normalized spacial score (nSPS) is 26.7. The number of nitrogens with zero attached hydrogens (tertiary/aromatic N) is 1. The lowest BCUT2D eigenvalue weighted by atomic mass is 9.86. The van der Waals surface area contributed by atoms with Crippen LogP contribution in [-0.2, 0) is 14.2 Å². The van der Waals surface area contributed by atoms with Crippen LogP contribution in [-0.4, -0.2) is 43.9 Å². The van der Waals surface area contributed by atoms with Gasteiger partial charge in [0.05, 0.1) is 34.9 Å². The quantitative estimate of drug-likeness (QED) is 0.585. The van der Waals surface area contributed by atoms with E-state index in [2.05, 4.69) is 26.2 Å². The number of hydrogen-bond acceptors (Lipinski definition) is 6. The Bertz CT molecular complexity index is 434. The molecule has 1 aliphatic carbocycles. The highest BCUT2D eigenvalue weighted by molar-refractivity contribution is 9.11. The van der Waals surface area contributed by atoms with Crippen LogP contribution in [0.3, 0.4) is 0 Å². The van der Waals surface area contributed by atoms with Gasteiger partial charge in [0.1, 0.15) is 12.9 Å². The largest absolute Gasteiger partial charge is 0.376 e. The van der Waals surface area contributed by atoms with Crippen molar-refractivity contribution in [2.75, 3.05) is 26.7 Å². The minimum absolute atomic E-state index is 0.234.